The van der Waals surface area contributed by atoms with Crippen molar-refractivity contribution in [2.24, 2.45) is 14.1 Å². The Morgan fingerprint density at radius 3 is 2.50 bits per heavy atom. The number of nitrogens with zero attached hydrogens (tertiary/aromatic N) is 5. The van der Waals surface area contributed by atoms with E-state index in [1.807, 2.05) is 38.8 Å². The van der Waals surface area contributed by atoms with Crippen molar-refractivity contribution in [2.45, 2.75) is 32.8 Å². The van der Waals surface area contributed by atoms with E-state index < -0.39 is 6.10 Å². The number of rotatable bonds is 4. The standard InChI is InChI=1S/C12H19N5O/c1-8-12(9(2)17(4)14-8)6-11(18)5-10-7-16(3)15-13-10/h7,11,18H,5-6H2,1-4H3. The number of aliphatic hydroxyl groups is 1. The maximum absolute atomic E-state index is 10.1. The predicted octanol–water partition coefficient (Wildman–Crippen LogP) is 0.312. The lowest BCUT2D eigenvalue weighted by atomic mass is 10.0. The molecule has 0 saturated heterocycles. The maximum Gasteiger partial charge on any atom is 0.0852 e. The molecule has 2 rings (SSSR count). The van der Waals surface area contributed by atoms with Gasteiger partial charge in [-0.25, -0.2) is 0 Å². The topological polar surface area (TPSA) is 68.8 Å². The summed E-state index contributed by atoms with van der Waals surface area (Å²) in [5.41, 5.74) is 4.01. The first-order chi connectivity index (χ1) is 8.47. The molecule has 1 N–H and O–H groups in total. The van der Waals surface area contributed by atoms with Crippen LogP contribution in [-0.2, 0) is 26.9 Å². The zero-order valence-electron chi connectivity index (χ0n) is 11.3. The van der Waals surface area contributed by atoms with E-state index in [0.29, 0.717) is 12.8 Å². The third kappa shape index (κ3) is 2.59. The molecule has 2 heterocycles. The summed E-state index contributed by atoms with van der Waals surface area (Å²) < 4.78 is 3.49. The fraction of sp³-hybridized carbons (Fsp3) is 0.583. The van der Waals surface area contributed by atoms with Gasteiger partial charge in [-0.15, -0.1) is 5.10 Å². The maximum atomic E-state index is 10.1. The van der Waals surface area contributed by atoms with E-state index in [0.717, 1.165) is 22.6 Å². The monoisotopic (exact) mass is 249 g/mol. The first-order valence-corrected chi connectivity index (χ1v) is 5.99. The molecule has 2 aromatic heterocycles. The second-order valence-corrected chi connectivity index (χ2v) is 4.72. The van der Waals surface area contributed by atoms with Crippen LogP contribution in [-0.4, -0.2) is 36.0 Å². The fourth-order valence-corrected chi connectivity index (χ4v) is 2.15. The Bertz CT molecular complexity index is 543. The molecule has 0 saturated carbocycles. The molecule has 0 aliphatic heterocycles. The number of hydrogen-bond acceptors (Lipinski definition) is 4. The van der Waals surface area contributed by atoms with Gasteiger partial charge in [0.1, 0.15) is 0 Å². The molecule has 18 heavy (non-hydrogen) atoms. The second kappa shape index (κ2) is 4.89. The second-order valence-electron chi connectivity index (χ2n) is 4.72. The van der Waals surface area contributed by atoms with Gasteiger partial charge in [-0.3, -0.25) is 9.36 Å². The van der Waals surface area contributed by atoms with Crippen molar-refractivity contribution in [3.8, 4) is 0 Å². The van der Waals surface area contributed by atoms with Crippen LogP contribution in [0.15, 0.2) is 6.20 Å². The molecule has 0 aliphatic carbocycles. The van der Waals surface area contributed by atoms with Crippen LogP contribution < -0.4 is 0 Å². The Morgan fingerprint density at radius 2 is 2.00 bits per heavy atom. The number of hydrogen-bond donors (Lipinski definition) is 1. The third-order valence-electron chi connectivity index (χ3n) is 3.19. The Labute approximate surface area is 106 Å². The van der Waals surface area contributed by atoms with Crippen molar-refractivity contribution in [3.05, 3.63) is 28.8 Å². The van der Waals surface area contributed by atoms with E-state index in [1.54, 1.807) is 4.68 Å². The Balaban J connectivity index is 2.05. The van der Waals surface area contributed by atoms with Crippen LogP contribution >= 0.6 is 0 Å². The molecule has 0 spiro atoms. The van der Waals surface area contributed by atoms with E-state index in [4.69, 9.17) is 0 Å². The molecule has 2 aromatic rings. The molecule has 1 atom stereocenters. The highest BCUT2D eigenvalue weighted by molar-refractivity contribution is 5.25. The summed E-state index contributed by atoms with van der Waals surface area (Å²) in [5, 5.41) is 22.3. The summed E-state index contributed by atoms with van der Waals surface area (Å²) in [5.74, 6) is 0. The van der Waals surface area contributed by atoms with E-state index in [9.17, 15) is 5.11 Å². The minimum absolute atomic E-state index is 0.455. The summed E-state index contributed by atoms with van der Waals surface area (Å²) in [7, 11) is 3.74. The highest BCUT2D eigenvalue weighted by atomic mass is 16.3. The normalized spacial score (nSPS) is 12.9. The van der Waals surface area contributed by atoms with E-state index >= 15 is 0 Å². The third-order valence-corrected chi connectivity index (χ3v) is 3.19. The lowest BCUT2D eigenvalue weighted by molar-refractivity contribution is 0.173. The van der Waals surface area contributed by atoms with Crippen molar-refractivity contribution in [1.29, 1.82) is 0 Å². The summed E-state index contributed by atoms with van der Waals surface area (Å²) in [6.07, 6.45) is 2.49. The van der Waals surface area contributed by atoms with Crippen LogP contribution in [0.1, 0.15) is 22.6 Å². The molecule has 0 bridgehead atoms. The molecule has 98 valence electrons. The number of aliphatic hydroxyl groups excluding tert-OH is 1. The lowest BCUT2D eigenvalue weighted by Gasteiger charge is -2.09. The fourth-order valence-electron chi connectivity index (χ4n) is 2.15. The van der Waals surface area contributed by atoms with Gasteiger partial charge in [0.25, 0.3) is 0 Å². The van der Waals surface area contributed by atoms with Crippen LogP contribution in [0.4, 0.5) is 0 Å². The molecule has 0 aliphatic rings. The average molecular weight is 249 g/mol. The minimum atomic E-state index is -0.455. The molecule has 0 aromatic carbocycles. The zero-order chi connectivity index (χ0) is 13.3. The molecule has 0 fully saturated rings. The van der Waals surface area contributed by atoms with Crippen LogP contribution in [0.25, 0.3) is 0 Å². The van der Waals surface area contributed by atoms with Gasteiger partial charge in [0.05, 0.1) is 17.5 Å². The van der Waals surface area contributed by atoms with Gasteiger partial charge in [-0.2, -0.15) is 5.10 Å². The van der Waals surface area contributed by atoms with Crippen LogP contribution in [0, 0.1) is 13.8 Å². The van der Waals surface area contributed by atoms with Crippen molar-refractivity contribution < 1.29 is 5.11 Å². The highest BCUT2D eigenvalue weighted by Crippen LogP contribution is 2.15. The van der Waals surface area contributed by atoms with Crippen molar-refractivity contribution in [1.82, 2.24) is 24.8 Å². The largest absolute Gasteiger partial charge is 0.392 e. The Hall–Kier alpha value is -1.69. The van der Waals surface area contributed by atoms with Gasteiger partial charge in [0.2, 0.25) is 0 Å². The molecular formula is C12H19N5O. The highest BCUT2D eigenvalue weighted by Gasteiger charge is 2.15. The molecule has 6 heteroatoms. The van der Waals surface area contributed by atoms with Gasteiger partial charge >= 0.3 is 0 Å². The van der Waals surface area contributed by atoms with Gasteiger partial charge < -0.3 is 5.11 Å². The summed E-state index contributed by atoms with van der Waals surface area (Å²) in [4.78, 5) is 0. The Kier molecular flexibility index (Phi) is 3.47. The summed E-state index contributed by atoms with van der Waals surface area (Å²) in [6, 6.07) is 0. The van der Waals surface area contributed by atoms with Crippen LogP contribution in [0.5, 0.6) is 0 Å². The van der Waals surface area contributed by atoms with E-state index in [1.165, 1.54) is 0 Å². The molecule has 0 amide bonds. The minimum Gasteiger partial charge on any atom is -0.392 e. The first-order valence-electron chi connectivity index (χ1n) is 5.99. The first kappa shape index (κ1) is 12.8. The van der Waals surface area contributed by atoms with Crippen molar-refractivity contribution in [3.63, 3.8) is 0 Å². The predicted molar refractivity (Wildman–Crippen MR) is 67.1 cm³/mol. The summed E-state index contributed by atoms with van der Waals surface area (Å²) in [6.45, 7) is 3.99. The van der Waals surface area contributed by atoms with Crippen LogP contribution in [0.3, 0.4) is 0 Å². The van der Waals surface area contributed by atoms with Gasteiger partial charge in [0, 0.05) is 38.8 Å². The smallest absolute Gasteiger partial charge is 0.0852 e. The SMILES string of the molecule is Cc1nn(C)c(C)c1CC(O)Cc1cn(C)nn1. The molecular weight excluding hydrogens is 230 g/mol. The van der Waals surface area contributed by atoms with Gasteiger partial charge in [-0.05, 0) is 19.4 Å². The number of aryl methyl sites for hydroxylation is 3. The zero-order valence-corrected chi connectivity index (χ0v) is 11.3. The van der Waals surface area contributed by atoms with Gasteiger partial charge in [-0.1, -0.05) is 5.21 Å². The number of aromatic nitrogens is 5. The average Bonchev–Trinajstić information content (AvgIpc) is 2.78. The van der Waals surface area contributed by atoms with E-state index in [-0.39, 0.29) is 0 Å². The van der Waals surface area contributed by atoms with Crippen molar-refractivity contribution in [2.75, 3.05) is 0 Å². The lowest BCUT2D eigenvalue weighted by Crippen LogP contribution is -2.15. The summed E-state index contributed by atoms with van der Waals surface area (Å²) >= 11 is 0. The molecule has 6 nitrogen and oxygen atoms in total. The Morgan fingerprint density at radius 1 is 1.28 bits per heavy atom. The quantitative estimate of drug-likeness (QED) is 0.847. The van der Waals surface area contributed by atoms with Crippen LogP contribution in [0.2, 0.25) is 0 Å². The van der Waals surface area contributed by atoms with E-state index in [2.05, 4.69) is 15.4 Å². The molecule has 1 unspecified atom stereocenters. The van der Waals surface area contributed by atoms with Gasteiger partial charge in [0.15, 0.2) is 0 Å². The molecule has 0 radical (unpaired) electrons. The van der Waals surface area contributed by atoms with Crippen molar-refractivity contribution >= 4 is 0 Å².